The summed E-state index contributed by atoms with van der Waals surface area (Å²) < 4.78 is 10.5. The third-order valence-electron chi connectivity index (χ3n) is 3.12. The fraction of sp³-hybridized carbons (Fsp3) is 0.125. The molecule has 0 aliphatic heterocycles. The Hall–Kier alpha value is -2.82. The number of aromatic nitrogens is 1. The molecule has 0 saturated carbocycles. The van der Waals surface area contributed by atoms with E-state index in [0.717, 1.165) is 17.7 Å². The van der Waals surface area contributed by atoms with E-state index in [1.54, 1.807) is 12.1 Å². The predicted molar refractivity (Wildman–Crippen MR) is 78.0 cm³/mol. The van der Waals surface area contributed by atoms with E-state index >= 15 is 0 Å². The van der Waals surface area contributed by atoms with Crippen LogP contribution in [0.1, 0.15) is 23.0 Å². The molecule has 2 heterocycles. The van der Waals surface area contributed by atoms with E-state index in [-0.39, 0.29) is 11.6 Å². The second-order valence-corrected chi connectivity index (χ2v) is 4.52. The van der Waals surface area contributed by atoms with Crippen molar-refractivity contribution in [1.29, 1.82) is 0 Å². The number of carbonyl (C=O) groups excluding carboxylic acids is 1. The first kappa shape index (κ1) is 13.2. The summed E-state index contributed by atoms with van der Waals surface area (Å²) in [6, 6.07) is 11.1. The first-order valence-electron chi connectivity index (χ1n) is 6.65. The molecule has 1 aromatic carbocycles. The number of hydrogen-bond acceptors (Lipinski definition) is 4. The van der Waals surface area contributed by atoms with Crippen molar-refractivity contribution in [3.8, 4) is 11.5 Å². The molecule has 5 heteroatoms. The molecule has 1 N–H and O–H groups in total. The topological polar surface area (TPSA) is 68.3 Å². The van der Waals surface area contributed by atoms with Crippen LogP contribution in [0.2, 0.25) is 0 Å². The number of hydrogen-bond donors (Lipinski definition) is 1. The summed E-state index contributed by atoms with van der Waals surface area (Å²) in [4.78, 5) is 16.3. The molecule has 3 rings (SSSR count). The molecule has 0 bridgehead atoms. The van der Waals surface area contributed by atoms with Gasteiger partial charge in [-0.15, -0.1) is 0 Å². The van der Waals surface area contributed by atoms with Crippen LogP contribution in [-0.2, 0) is 6.42 Å². The largest absolute Gasteiger partial charge is 0.461 e. The van der Waals surface area contributed by atoms with Crippen molar-refractivity contribution in [3.05, 3.63) is 60.3 Å². The van der Waals surface area contributed by atoms with Crippen molar-refractivity contribution in [3.63, 3.8) is 0 Å². The zero-order valence-corrected chi connectivity index (χ0v) is 11.5. The van der Waals surface area contributed by atoms with Gasteiger partial charge in [-0.25, -0.2) is 4.98 Å². The number of rotatable bonds is 4. The molecule has 106 valence electrons. The smallest absolute Gasteiger partial charge is 0.278 e. The lowest BCUT2D eigenvalue weighted by Gasteiger charge is -2.05. The van der Waals surface area contributed by atoms with Crippen molar-refractivity contribution >= 4 is 11.6 Å². The summed E-state index contributed by atoms with van der Waals surface area (Å²) in [5, 5.41) is 2.82. The van der Waals surface area contributed by atoms with Crippen molar-refractivity contribution in [1.82, 2.24) is 4.98 Å². The van der Waals surface area contributed by atoms with Crippen LogP contribution in [-0.4, -0.2) is 10.9 Å². The van der Waals surface area contributed by atoms with Gasteiger partial charge in [0, 0.05) is 5.69 Å². The highest BCUT2D eigenvalue weighted by atomic mass is 16.4. The Kier molecular flexibility index (Phi) is 3.55. The molecule has 3 aromatic rings. The Bertz CT molecular complexity index is 744. The highest BCUT2D eigenvalue weighted by molar-refractivity contribution is 6.06. The summed E-state index contributed by atoms with van der Waals surface area (Å²) in [5.74, 6) is 0.465. The molecular formula is C16H14N2O3. The quantitative estimate of drug-likeness (QED) is 0.791. The average molecular weight is 282 g/mol. The van der Waals surface area contributed by atoms with Gasteiger partial charge >= 0.3 is 0 Å². The van der Waals surface area contributed by atoms with Gasteiger partial charge in [-0.3, -0.25) is 4.79 Å². The Morgan fingerprint density at radius 1 is 1.24 bits per heavy atom. The lowest BCUT2D eigenvalue weighted by atomic mass is 10.1. The first-order chi connectivity index (χ1) is 10.3. The minimum Gasteiger partial charge on any atom is -0.461 e. The molecule has 2 aromatic heterocycles. The number of amides is 1. The molecule has 1 amide bonds. The fourth-order valence-corrected chi connectivity index (χ4v) is 2.05. The molecule has 0 spiro atoms. The second kappa shape index (κ2) is 5.66. The van der Waals surface area contributed by atoms with E-state index < -0.39 is 0 Å². The highest BCUT2D eigenvalue weighted by Crippen LogP contribution is 2.24. The maximum absolute atomic E-state index is 12.3. The van der Waals surface area contributed by atoms with Crippen LogP contribution in [0.15, 0.2) is 57.9 Å². The number of oxazole rings is 1. The van der Waals surface area contributed by atoms with E-state index in [4.69, 9.17) is 8.83 Å². The Balaban J connectivity index is 1.85. The number of nitrogens with zero attached hydrogens (tertiary/aromatic N) is 1. The van der Waals surface area contributed by atoms with Crippen LogP contribution >= 0.6 is 0 Å². The van der Waals surface area contributed by atoms with E-state index in [2.05, 4.69) is 17.2 Å². The molecular weight excluding hydrogens is 268 g/mol. The molecule has 0 aliphatic carbocycles. The summed E-state index contributed by atoms with van der Waals surface area (Å²) in [5.41, 5.74) is 2.08. The minimum absolute atomic E-state index is 0.201. The number of anilines is 1. The van der Waals surface area contributed by atoms with Crippen molar-refractivity contribution < 1.29 is 13.6 Å². The molecule has 0 radical (unpaired) electrons. The van der Waals surface area contributed by atoms with E-state index in [1.165, 1.54) is 12.7 Å². The molecule has 0 aliphatic rings. The van der Waals surface area contributed by atoms with Gasteiger partial charge in [-0.2, -0.15) is 0 Å². The SMILES string of the molecule is CCc1cccc(NC(=O)c2ncoc2-c2ccco2)c1. The molecule has 21 heavy (non-hydrogen) atoms. The molecule has 0 unspecified atom stereocenters. The van der Waals surface area contributed by atoms with E-state index in [0.29, 0.717) is 11.5 Å². The second-order valence-electron chi connectivity index (χ2n) is 4.52. The molecule has 5 nitrogen and oxygen atoms in total. The van der Waals surface area contributed by atoms with Gasteiger partial charge < -0.3 is 14.2 Å². The first-order valence-corrected chi connectivity index (χ1v) is 6.65. The average Bonchev–Trinajstić information content (AvgIpc) is 3.18. The molecule has 0 fully saturated rings. The van der Waals surface area contributed by atoms with Crippen LogP contribution < -0.4 is 5.32 Å². The van der Waals surface area contributed by atoms with Crippen LogP contribution in [0.3, 0.4) is 0 Å². The van der Waals surface area contributed by atoms with Gasteiger partial charge in [-0.1, -0.05) is 19.1 Å². The predicted octanol–water partition coefficient (Wildman–Crippen LogP) is 3.75. The normalized spacial score (nSPS) is 10.5. The zero-order valence-electron chi connectivity index (χ0n) is 11.5. The van der Waals surface area contributed by atoms with E-state index in [9.17, 15) is 4.79 Å². The lowest BCUT2D eigenvalue weighted by molar-refractivity contribution is 0.102. The van der Waals surface area contributed by atoms with Crippen LogP contribution in [0.5, 0.6) is 0 Å². The number of nitrogens with one attached hydrogen (secondary N) is 1. The Morgan fingerprint density at radius 3 is 2.90 bits per heavy atom. The van der Waals surface area contributed by atoms with Gasteiger partial charge in [0.25, 0.3) is 5.91 Å². The summed E-state index contributed by atoms with van der Waals surface area (Å²) in [6.07, 6.45) is 3.66. The number of benzene rings is 1. The zero-order chi connectivity index (χ0) is 14.7. The molecule has 0 atom stereocenters. The van der Waals surface area contributed by atoms with E-state index in [1.807, 2.05) is 24.3 Å². The summed E-state index contributed by atoms with van der Waals surface area (Å²) in [6.45, 7) is 2.06. The molecule has 0 saturated heterocycles. The number of carbonyl (C=O) groups is 1. The third-order valence-corrected chi connectivity index (χ3v) is 3.12. The standard InChI is InChI=1S/C16H14N2O3/c1-2-11-5-3-6-12(9-11)18-16(19)14-15(21-10-17-14)13-7-4-8-20-13/h3-10H,2H2,1H3,(H,18,19). The van der Waals surface area contributed by atoms with Gasteiger partial charge in [0.2, 0.25) is 5.76 Å². The highest BCUT2D eigenvalue weighted by Gasteiger charge is 2.20. The maximum Gasteiger partial charge on any atom is 0.278 e. The van der Waals surface area contributed by atoms with Crippen LogP contribution in [0.25, 0.3) is 11.5 Å². The minimum atomic E-state index is -0.330. The van der Waals surface area contributed by atoms with Gasteiger partial charge in [0.05, 0.1) is 6.26 Å². The summed E-state index contributed by atoms with van der Waals surface area (Å²) >= 11 is 0. The maximum atomic E-state index is 12.3. The van der Waals surface area contributed by atoms with Gasteiger partial charge in [0.15, 0.2) is 17.8 Å². The van der Waals surface area contributed by atoms with Crippen molar-refractivity contribution in [2.45, 2.75) is 13.3 Å². The van der Waals surface area contributed by atoms with Crippen molar-refractivity contribution in [2.24, 2.45) is 0 Å². The number of furan rings is 1. The lowest BCUT2D eigenvalue weighted by Crippen LogP contribution is -2.13. The van der Waals surface area contributed by atoms with Gasteiger partial charge in [0.1, 0.15) is 0 Å². The summed E-state index contributed by atoms with van der Waals surface area (Å²) in [7, 11) is 0. The van der Waals surface area contributed by atoms with Crippen molar-refractivity contribution in [2.75, 3.05) is 5.32 Å². The van der Waals surface area contributed by atoms with Crippen LogP contribution in [0.4, 0.5) is 5.69 Å². The van der Waals surface area contributed by atoms with Crippen LogP contribution in [0, 0.1) is 0 Å². The number of aryl methyl sites for hydroxylation is 1. The monoisotopic (exact) mass is 282 g/mol. The van der Waals surface area contributed by atoms with Gasteiger partial charge in [-0.05, 0) is 36.2 Å². The Morgan fingerprint density at radius 2 is 2.14 bits per heavy atom. The fourth-order valence-electron chi connectivity index (χ4n) is 2.05. The Labute approximate surface area is 121 Å². The third kappa shape index (κ3) is 2.72.